The molecule has 0 unspecified atom stereocenters. The molecule has 110 valence electrons. The second-order valence-electron chi connectivity index (χ2n) is 5.67. The fourth-order valence-corrected chi connectivity index (χ4v) is 3.46. The summed E-state index contributed by atoms with van der Waals surface area (Å²) in [6.45, 7) is 13.0. The van der Waals surface area contributed by atoms with Gasteiger partial charge in [0, 0.05) is 19.6 Å². The topological polar surface area (TPSA) is 49.4 Å². The monoisotopic (exact) mass is 278 g/mol. The molecule has 18 heavy (non-hydrogen) atoms. The maximum atomic E-state index is 12.3. The van der Waals surface area contributed by atoms with Gasteiger partial charge in [0.05, 0.1) is 5.75 Å². The quantitative estimate of drug-likeness (QED) is 0.621. The van der Waals surface area contributed by atoms with Crippen LogP contribution in [0.4, 0.5) is 0 Å². The van der Waals surface area contributed by atoms with Gasteiger partial charge in [-0.3, -0.25) is 0 Å². The molecule has 0 rings (SSSR count). The van der Waals surface area contributed by atoms with E-state index in [2.05, 4.69) is 39.9 Å². The standard InChI is InChI=1S/C13H30N2O2S/c1-6-7-14-8-9-18(16,17)15(10-12(2)3)11-13(4)5/h12-14H,6-11H2,1-5H3. The largest absolute Gasteiger partial charge is 0.316 e. The molecule has 0 aliphatic rings. The number of sulfonamides is 1. The van der Waals surface area contributed by atoms with Gasteiger partial charge in [0.25, 0.3) is 0 Å². The molecule has 0 bridgehead atoms. The molecule has 0 saturated heterocycles. The van der Waals surface area contributed by atoms with Crippen LogP contribution in [0.1, 0.15) is 41.0 Å². The first-order valence-corrected chi connectivity index (χ1v) is 8.59. The molecule has 0 saturated carbocycles. The summed E-state index contributed by atoms with van der Waals surface area (Å²) in [5.74, 6) is 0.927. The molecule has 1 N–H and O–H groups in total. The van der Waals surface area contributed by atoms with Crippen molar-refractivity contribution in [2.45, 2.75) is 41.0 Å². The lowest BCUT2D eigenvalue weighted by Crippen LogP contribution is -2.40. The SMILES string of the molecule is CCCNCCS(=O)(=O)N(CC(C)C)CC(C)C. The Bertz CT molecular complexity index is 290. The van der Waals surface area contributed by atoms with Gasteiger partial charge in [-0.25, -0.2) is 12.7 Å². The molecule has 0 aromatic rings. The number of hydrogen-bond acceptors (Lipinski definition) is 3. The Balaban J connectivity index is 4.44. The number of hydrogen-bond donors (Lipinski definition) is 1. The Morgan fingerprint density at radius 1 is 1.00 bits per heavy atom. The number of nitrogens with one attached hydrogen (secondary N) is 1. The zero-order chi connectivity index (χ0) is 14.2. The fourth-order valence-electron chi connectivity index (χ4n) is 1.75. The summed E-state index contributed by atoms with van der Waals surface area (Å²) in [6, 6.07) is 0. The normalized spacial score (nSPS) is 12.9. The van der Waals surface area contributed by atoms with Crippen LogP contribution in [0, 0.1) is 11.8 Å². The van der Waals surface area contributed by atoms with Gasteiger partial charge in [-0.05, 0) is 24.8 Å². The number of rotatable bonds is 10. The maximum absolute atomic E-state index is 12.3. The van der Waals surface area contributed by atoms with Crippen LogP contribution in [0.5, 0.6) is 0 Å². The first-order valence-electron chi connectivity index (χ1n) is 6.98. The molecule has 0 atom stereocenters. The Kier molecular flexibility index (Phi) is 8.82. The molecule has 5 heteroatoms. The van der Waals surface area contributed by atoms with Crippen LogP contribution < -0.4 is 5.32 Å². The van der Waals surface area contributed by atoms with Crippen LogP contribution in [0.3, 0.4) is 0 Å². The minimum Gasteiger partial charge on any atom is -0.316 e. The highest BCUT2D eigenvalue weighted by molar-refractivity contribution is 7.89. The molecular weight excluding hydrogens is 248 g/mol. The van der Waals surface area contributed by atoms with Crippen molar-refractivity contribution in [1.29, 1.82) is 0 Å². The predicted octanol–water partition coefficient (Wildman–Crippen LogP) is 1.93. The van der Waals surface area contributed by atoms with Crippen molar-refractivity contribution in [2.24, 2.45) is 11.8 Å². The summed E-state index contributed by atoms with van der Waals surface area (Å²) >= 11 is 0. The summed E-state index contributed by atoms with van der Waals surface area (Å²) < 4.78 is 26.2. The summed E-state index contributed by atoms with van der Waals surface area (Å²) in [5.41, 5.74) is 0. The zero-order valence-electron chi connectivity index (χ0n) is 12.6. The van der Waals surface area contributed by atoms with E-state index in [1.54, 1.807) is 4.31 Å². The van der Waals surface area contributed by atoms with Crippen molar-refractivity contribution in [2.75, 3.05) is 31.9 Å². The van der Waals surface area contributed by atoms with Gasteiger partial charge >= 0.3 is 0 Å². The van der Waals surface area contributed by atoms with Crippen LogP contribution in [-0.2, 0) is 10.0 Å². The molecule has 0 spiro atoms. The van der Waals surface area contributed by atoms with E-state index in [9.17, 15) is 8.42 Å². The molecular formula is C13H30N2O2S. The molecule has 4 nitrogen and oxygen atoms in total. The summed E-state index contributed by atoms with van der Waals surface area (Å²) in [5, 5.41) is 3.15. The van der Waals surface area contributed by atoms with Crippen LogP contribution in [-0.4, -0.2) is 44.7 Å². The van der Waals surface area contributed by atoms with Gasteiger partial charge in [-0.2, -0.15) is 0 Å². The third kappa shape index (κ3) is 8.06. The Labute approximate surface area is 113 Å². The highest BCUT2D eigenvalue weighted by Crippen LogP contribution is 2.09. The van der Waals surface area contributed by atoms with E-state index < -0.39 is 10.0 Å². The van der Waals surface area contributed by atoms with Crippen molar-refractivity contribution in [1.82, 2.24) is 9.62 Å². The van der Waals surface area contributed by atoms with Gasteiger partial charge in [0.1, 0.15) is 0 Å². The van der Waals surface area contributed by atoms with E-state index >= 15 is 0 Å². The van der Waals surface area contributed by atoms with Gasteiger partial charge in [-0.1, -0.05) is 34.6 Å². The maximum Gasteiger partial charge on any atom is 0.215 e. The van der Waals surface area contributed by atoms with Gasteiger partial charge in [0.2, 0.25) is 10.0 Å². The summed E-state index contributed by atoms with van der Waals surface area (Å²) in [4.78, 5) is 0. The molecule has 0 aromatic carbocycles. The van der Waals surface area contributed by atoms with E-state index in [4.69, 9.17) is 0 Å². The van der Waals surface area contributed by atoms with Crippen LogP contribution in [0.25, 0.3) is 0 Å². The first kappa shape index (κ1) is 17.9. The third-order valence-electron chi connectivity index (χ3n) is 2.49. The highest BCUT2D eigenvalue weighted by Gasteiger charge is 2.23. The van der Waals surface area contributed by atoms with Crippen molar-refractivity contribution >= 4 is 10.0 Å². The van der Waals surface area contributed by atoms with Gasteiger partial charge in [-0.15, -0.1) is 0 Å². The lowest BCUT2D eigenvalue weighted by Gasteiger charge is -2.25. The van der Waals surface area contributed by atoms with Crippen LogP contribution >= 0.6 is 0 Å². The van der Waals surface area contributed by atoms with Crippen molar-refractivity contribution < 1.29 is 8.42 Å². The molecule has 0 aliphatic carbocycles. The molecule has 0 aromatic heterocycles. The van der Waals surface area contributed by atoms with E-state index in [1.165, 1.54) is 0 Å². The van der Waals surface area contributed by atoms with Crippen LogP contribution in [0.2, 0.25) is 0 Å². The lowest BCUT2D eigenvalue weighted by atomic mass is 10.2. The molecule has 0 radical (unpaired) electrons. The van der Waals surface area contributed by atoms with E-state index in [0.717, 1.165) is 13.0 Å². The number of nitrogens with zero attached hydrogens (tertiary/aromatic N) is 1. The Morgan fingerprint density at radius 2 is 1.50 bits per heavy atom. The minimum absolute atomic E-state index is 0.201. The van der Waals surface area contributed by atoms with E-state index in [-0.39, 0.29) is 5.75 Å². The predicted molar refractivity (Wildman–Crippen MR) is 78.2 cm³/mol. The molecule has 0 fully saturated rings. The van der Waals surface area contributed by atoms with Crippen molar-refractivity contribution in [3.05, 3.63) is 0 Å². The highest BCUT2D eigenvalue weighted by atomic mass is 32.2. The molecule has 0 amide bonds. The van der Waals surface area contributed by atoms with Gasteiger partial charge in [0.15, 0.2) is 0 Å². The molecule has 0 aliphatic heterocycles. The second kappa shape index (κ2) is 8.88. The third-order valence-corrected chi connectivity index (χ3v) is 4.30. The smallest absolute Gasteiger partial charge is 0.215 e. The fraction of sp³-hybridized carbons (Fsp3) is 1.00. The van der Waals surface area contributed by atoms with Crippen molar-refractivity contribution in [3.63, 3.8) is 0 Å². The second-order valence-corrected chi connectivity index (χ2v) is 7.76. The Hall–Kier alpha value is -0.130. The summed E-state index contributed by atoms with van der Waals surface area (Å²) in [7, 11) is -3.12. The Morgan fingerprint density at radius 3 is 1.89 bits per heavy atom. The zero-order valence-corrected chi connectivity index (χ0v) is 13.4. The molecule has 0 heterocycles. The average molecular weight is 278 g/mol. The van der Waals surface area contributed by atoms with Gasteiger partial charge < -0.3 is 5.32 Å². The minimum atomic E-state index is -3.12. The first-order chi connectivity index (χ1) is 8.29. The lowest BCUT2D eigenvalue weighted by molar-refractivity contribution is 0.333. The van der Waals surface area contributed by atoms with E-state index in [1.807, 2.05) is 0 Å². The summed E-state index contributed by atoms with van der Waals surface area (Å²) in [6.07, 6.45) is 1.03. The van der Waals surface area contributed by atoms with Crippen molar-refractivity contribution in [3.8, 4) is 0 Å². The van der Waals surface area contributed by atoms with E-state index in [0.29, 0.717) is 31.5 Å². The average Bonchev–Trinajstić information content (AvgIpc) is 2.22. The van der Waals surface area contributed by atoms with Crippen LogP contribution in [0.15, 0.2) is 0 Å².